The summed E-state index contributed by atoms with van der Waals surface area (Å²) in [5, 5.41) is 10.8. The predicted octanol–water partition coefficient (Wildman–Crippen LogP) is 4.71. The van der Waals surface area contributed by atoms with Crippen LogP contribution < -0.4 is 10.6 Å². The van der Waals surface area contributed by atoms with Crippen molar-refractivity contribution in [2.45, 2.75) is 48.0 Å². The van der Waals surface area contributed by atoms with Gasteiger partial charge in [0.25, 0.3) is 5.91 Å². The number of amides is 1. The molecule has 0 aliphatic carbocycles. The van der Waals surface area contributed by atoms with Gasteiger partial charge in [-0.15, -0.1) is 0 Å². The summed E-state index contributed by atoms with van der Waals surface area (Å²) in [6.45, 7) is 12.7. The van der Waals surface area contributed by atoms with E-state index in [1.165, 1.54) is 5.56 Å². The molecule has 6 nitrogen and oxygen atoms in total. The average molecular weight is 432 g/mol. The Morgan fingerprint density at radius 2 is 1.47 bits per heavy atom. The number of aryl methyl sites for hydroxylation is 6. The van der Waals surface area contributed by atoms with E-state index < -0.39 is 0 Å². The third kappa shape index (κ3) is 5.84. The number of rotatable bonds is 5. The highest BCUT2D eigenvalue weighted by atomic mass is 16.1. The van der Waals surface area contributed by atoms with Crippen molar-refractivity contribution in [2.24, 2.45) is 12.0 Å². The molecule has 0 saturated carbocycles. The van der Waals surface area contributed by atoms with Crippen molar-refractivity contribution in [2.75, 3.05) is 11.9 Å². The second kappa shape index (κ2) is 9.81. The van der Waals surface area contributed by atoms with E-state index >= 15 is 0 Å². The molecule has 1 heterocycles. The summed E-state index contributed by atoms with van der Waals surface area (Å²) in [6, 6.07) is 12.0. The van der Waals surface area contributed by atoms with Crippen LogP contribution in [0, 0.1) is 41.5 Å². The molecule has 32 heavy (non-hydrogen) atoms. The van der Waals surface area contributed by atoms with Crippen LogP contribution in [0.3, 0.4) is 0 Å². The first kappa shape index (κ1) is 23.3. The van der Waals surface area contributed by atoms with Crippen LogP contribution >= 0.6 is 0 Å². The number of carbonyl (C=O) groups is 1. The van der Waals surface area contributed by atoms with Crippen molar-refractivity contribution in [3.8, 4) is 0 Å². The normalized spacial score (nSPS) is 11.5. The van der Waals surface area contributed by atoms with E-state index in [4.69, 9.17) is 4.99 Å². The van der Waals surface area contributed by atoms with Crippen LogP contribution in [0.1, 0.15) is 49.6 Å². The van der Waals surface area contributed by atoms with Gasteiger partial charge in [0.15, 0.2) is 0 Å². The zero-order chi connectivity index (χ0) is 23.4. The minimum atomic E-state index is -0.179. The third-order valence-corrected chi connectivity index (χ3v) is 5.49. The Kier molecular flexibility index (Phi) is 7.13. The molecule has 0 atom stereocenters. The fraction of sp³-hybridized carbons (Fsp3) is 0.346. The smallest absolute Gasteiger partial charge is 0.257 e. The van der Waals surface area contributed by atoms with Crippen LogP contribution in [-0.4, -0.2) is 28.2 Å². The summed E-state index contributed by atoms with van der Waals surface area (Å²) in [5.41, 5.74) is 9.28. The van der Waals surface area contributed by atoms with Gasteiger partial charge < -0.3 is 5.32 Å². The molecule has 0 aliphatic heterocycles. The number of carbonyl (C=O) groups excluding carboxylic acids is 1. The van der Waals surface area contributed by atoms with Crippen molar-refractivity contribution in [1.82, 2.24) is 15.1 Å². The highest BCUT2D eigenvalue weighted by molar-refractivity contribution is 6.10. The first-order chi connectivity index (χ1) is 15.1. The van der Waals surface area contributed by atoms with Gasteiger partial charge in [-0.1, -0.05) is 23.3 Å². The Morgan fingerprint density at radius 1 is 0.906 bits per heavy atom. The van der Waals surface area contributed by atoms with Gasteiger partial charge >= 0.3 is 0 Å². The molecule has 0 spiro atoms. The summed E-state index contributed by atoms with van der Waals surface area (Å²) in [6.07, 6.45) is 0.753. The van der Waals surface area contributed by atoms with E-state index in [0.29, 0.717) is 18.1 Å². The molecule has 3 aromatic rings. The Balaban J connectivity index is 1.84. The molecule has 1 aromatic heterocycles. The van der Waals surface area contributed by atoms with Crippen LogP contribution in [0.4, 0.5) is 5.69 Å². The molecule has 2 aromatic carbocycles. The van der Waals surface area contributed by atoms with E-state index in [1.54, 1.807) is 0 Å². The number of nitrogens with zero attached hydrogens (tertiary/aromatic N) is 3. The lowest BCUT2D eigenvalue weighted by Crippen LogP contribution is -2.36. The van der Waals surface area contributed by atoms with Gasteiger partial charge in [0.2, 0.25) is 5.96 Å². The van der Waals surface area contributed by atoms with Crippen molar-refractivity contribution in [1.29, 1.82) is 0 Å². The van der Waals surface area contributed by atoms with Crippen molar-refractivity contribution in [3.05, 3.63) is 81.2 Å². The van der Waals surface area contributed by atoms with Gasteiger partial charge in [0, 0.05) is 30.5 Å². The molecule has 168 valence electrons. The van der Waals surface area contributed by atoms with Gasteiger partial charge in [0.05, 0.1) is 5.69 Å². The van der Waals surface area contributed by atoms with E-state index in [1.807, 2.05) is 56.8 Å². The second-order valence-corrected chi connectivity index (χ2v) is 8.59. The van der Waals surface area contributed by atoms with E-state index in [9.17, 15) is 4.79 Å². The molecule has 0 bridgehead atoms. The van der Waals surface area contributed by atoms with Crippen LogP contribution in [0.25, 0.3) is 0 Å². The number of aromatic nitrogens is 2. The number of aliphatic imine (C=N–C) groups is 1. The summed E-state index contributed by atoms with van der Waals surface area (Å²) in [5.74, 6) is 0.263. The quantitative estimate of drug-likeness (QED) is 0.454. The fourth-order valence-electron chi connectivity index (χ4n) is 4.04. The van der Waals surface area contributed by atoms with E-state index in [0.717, 1.165) is 45.7 Å². The first-order valence-corrected chi connectivity index (χ1v) is 10.9. The number of hydrogen-bond acceptors (Lipinski definition) is 3. The lowest BCUT2D eigenvalue weighted by molar-refractivity contribution is 0.0976. The second-order valence-electron chi connectivity index (χ2n) is 8.59. The van der Waals surface area contributed by atoms with Crippen LogP contribution in [-0.2, 0) is 13.5 Å². The summed E-state index contributed by atoms with van der Waals surface area (Å²) >= 11 is 0. The Bertz CT molecular complexity index is 1130. The first-order valence-electron chi connectivity index (χ1n) is 10.9. The molecular weight excluding hydrogens is 398 g/mol. The molecule has 0 saturated heterocycles. The van der Waals surface area contributed by atoms with E-state index in [-0.39, 0.29) is 5.91 Å². The number of guanidine groups is 1. The van der Waals surface area contributed by atoms with Crippen LogP contribution in [0.2, 0.25) is 0 Å². The molecule has 2 N–H and O–H groups in total. The lowest BCUT2D eigenvalue weighted by atomic mass is 10.1. The fourth-order valence-corrected chi connectivity index (χ4v) is 4.04. The van der Waals surface area contributed by atoms with Crippen molar-refractivity contribution < 1.29 is 4.79 Å². The lowest BCUT2D eigenvalue weighted by Gasteiger charge is -2.14. The summed E-state index contributed by atoms with van der Waals surface area (Å²) < 4.78 is 1.89. The Morgan fingerprint density at radius 3 is 2.00 bits per heavy atom. The minimum Gasteiger partial charge on any atom is -0.326 e. The summed E-state index contributed by atoms with van der Waals surface area (Å²) in [7, 11) is 1.95. The highest BCUT2D eigenvalue weighted by Crippen LogP contribution is 2.15. The molecule has 1 amide bonds. The SMILES string of the molecule is Cc1cc(C)cc(NC(=NCCc2c(C)nn(C)c2C)NC(=O)c2cc(C)cc(C)c2)c1. The summed E-state index contributed by atoms with van der Waals surface area (Å²) in [4.78, 5) is 17.7. The maximum Gasteiger partial charge on any atom is 0.257 e. The predicted molar refractivity (Wildman–Crippen MR) is 132 cm³/mol. The molecule has 0 radical (unpaired) electrons. The van der Waals surface area contributed by atoms with Gasteiger partial charge in [-0.25, -0.2) is 0 Å². The molecule has 6 heteroatoms. The van der Waals surface area contributed by atoms with Crippen molar-refractivity contribution >= 4 is 17.6 Å². The maximum atomic E-state index is 13.0. The number of hydrogen-bond donors (Lipinski definition) is 2. The molecule has 3 rings (SSSR count). The average Bonchev–Trinajstić information content (AvgIpc) is 2.92. The standard InChI is InChI=1S/C26H33N5O/c1-16-10-17(2)13-22(12-16)25(32)29-26(28-23-14-18(3)11-19(4)15-23)27-9-8-24-20(5)30-31(7)21(24)6/h10-15H,8-9H2,1-7H3,(H2,27,28,29,32). The Labute approximate surface area is 190 Å². The highest BCUT2D eigenvalue weighted by Gasteiger charge is 2.12. The monoisotopic (exact) mass is 431 g/mol. The molecule has 0 fully saturated rings. The van der Waals surface area contributed by atoms with Crippen LogP contribution in [0.15, 0.2) is 41.4 Å². The largest absolute Gasteiger partial charge is 0.326 e. The Hall–Kier alpha value is -3.41. The number of nitrogens with one attached hydrogen (secondary N) is 2. The number of anilines is 1. The van der Waals surface area contributed by atoms with Gasteiger partial charge in [0.1, 0.15) is 0 Å². The van der Waals surface area contributed by atoms with E-state index in [2.05, 4.69) is 48.6 Å². The van der Waals surface area contributed by atoms with Gasteiger partial charge in [-0.3, -0.25) is 19.8 Å². The third-order valence-electron chi connectivity index (χ3n) is 5.49. The topological polar surface area (TPSA) is 71.3 Å². The number of benzene rings is 2. The minimum absolute atomic E-state index is 0.179. The zero-order valence-electron chi connectivity index (χ0n) is 20.1. The van der Waals surface area contributed by atoms with Gasteiger partial charge in [-0.2, -0.15) is 5.10 Å². The maximum absolute atomic E-state index is 13.0. The zero-order valence-corrected chi connectivity index (χ0v) is 20.1. The molecular formula is C26H33N5O. The van der Waals surface area contributed by atoms with Gasteiger partial charge in [-0.05, 0) is 88.9 Å². The van der Waals surface area contributed by atoms with Crippen LogP contribution in [0.5, 0.6) is 0 Å². The van der Waals surface area contributed by atoms with Crippen molar-refractivity contribution in [3.63, 3.8) is 0 Å². The molecule has 0 unspecified atom stereocenters. The molecule has 0 aliphatic rings.